The number of rotatable bonds is 5. The van der Waals surface area contributed by atoms with Crippen LogP contribution in [0.15, 0.2) is 16.7 Å². The first-order valence-electron chi connectivity index (χ1n) is 5.53. The van der Waals surface area contributed by atoms with Gasteiger partial charge in [0, 0.05) is 23.5 Å². The van der Waals surface area contributed by atoms with E-state index in [1.165, 1.54) is 4.88 Å². The Balaban J connectivity index is 1.77. The Morgan fingerprint density at radius 3 is 2.82 bits per heavy atom. The van der Waals surface area contributed by atoms with Crippen LogP contribution < -0.4 is 5.32 Å². The fraction of sp³-hybridized carbons (Fsp3) is 0.417. The van der Waals surface area contributed by atoms with Crippen molar-refractivity contribution in [3.8, 4) is 0 Å². The SMILES string of the molecule is Cc1noc(C)c1CNCCc1ccc(Cl)s1. The average Bonchev–Trinajstić information content (AvgIpc) is 2.83. The molecule has 0 aliphatic rings. The first-order valence-corrected chi connectivity index (χ1v) is 6.73. The number of nitrogens with one attached hydrogen (secondary N) is 1. The van der Waals surface area contributed by atoms with Crippen LogP contribution in [0.5, 0.6) is 0 Å². The summed E-state index contributed by atoms with van der Waals surface area (Å²) in [5.74, 6) is 0.897. The van der Waals surface area contributed by atoms with Gasteiger partial charge in [-0.2, -0.15) is 0 Å². The molecule has 2 aromatic heterocycles. The van der Waals surface area contributed by atoms with Crippen molar-refractivity contribution in [3.63, 3.8) is 0 Å². The fourth-order valence-electron chi connectivity index (χ4n) is 1.67. The van der Waals surface area contributed by atoms with Crippen LogP contribution in [0, 0.1) is 13.8 Å². The molecule has 5 heteroatoms. The Kier molecular flexibility index (Phi) is 4.20. The summed E-state index contributed by atoms with van der Waals surface area (Å²) in [4.78, 5) is 1.31. The number of aromatic nitrogens is 1. The van der Waals surface area contributed by atoms with Gasteiger partial charge in [0.1, 0.15) is 5.76 Å². The molecular weight excluding hydrogens is 256 g/mol. The van der Waals surface area contributed by atoms with E-state index in [2.05, 4.69) is 16.5 Å². The lowest BCUT2D eigenvalue weighted by atomic mass is 10.2. The maximum Gasteiger partial charge on any atom is 0.138 e. The molecule has 17 heavy (non-hydrogen) atoms. The summed E-state index contributed by atoms with van der Waals surface area (Å²) >= 11 is 7.51. The normalized spacial score (nSPS) is 11.0. The minimum Gasteiger partial charge on any atom is -0.361 e. The predicted octanol–water partition coefficient (Wildman–Crippen LogP) is 3.34. The lowest BCUT2D eigenvalue weighted by Gasteiger charge is -2.02. The molecule has 0 spiro atoms. The van der Waals surface area contributed by atoms with Gasteiger partial charge in [-0.1, -0.05) is 16.8 Å². The number of aryl methyl sites for hydroxylation is 2. The number of thiophene rings is 1. The number of halogens is 1. The van der Waals surface area contributed by atoms with Crippen molar-refractivity contribution in [3.05, 3.63) is 38.4 Å². The van der Waals surface area contributed by atoms with Gasteiger partial charge in [-0.05, 0) is 32.4 Å². The molecule has 0 atom stereocenters. The monoisotopic (exact) mass is 270 g/mol. The van der Waals surface area contributed by atoms with Crippen LogP contribution in [0.3, 0.4) is 0 Å². The fourth-order valence-corrected chi connectivity index (χ4v) is 2.75. The van der Waals surface area contributed by atoms with Crippen molar-refractivity contribution < 1.29 is 4.52 Å². The molecule has 92 valence electrons. The quantitative estimate of drug-likeness (QED) is 0.847. The Bertz CT molecular complexity index is 473. The number of hydrogen-bond acceptors (Lipinski definition) is 4. The van der Waals surface area contributed by atoms with E-state index >= 15 is 0 Å². The zero-order valence-electron chi connectivity index (χ0n) is 9.92. The summed E-state index contributed by atoms with van der Waals surface area (Å²) in [5, 5.41) is 7.32. The van der Waals surface area contributed by atoms with E-state index in [1.54, 1.807) is 11.3 Å². The molecule has 0 bridgehead atoms. The predicted molar refractivity (Wildman–Crippen MR) is 70.7 cm³/mol. The van der Waals surface area contributed by atoms with Gasteiger partial charge >= 0.3 is 0 Å². The third kappa shape index (κ3) is 3.31. The zero-order valence-corrected chi connectivity index (χ0v) is 11.5. The second-order valence-corrected chi connectivity index (χ2v) is 5.73. The van der Waals surface area contributed by atoms with Crippen molar-refractivity contribution >= 4 is 22.9 Å². The van der Waals surface area contributed by atoms with Crippen LogP contribution in [0.4, 0.5) is 0 Å². The Morgan fingerprint density at radius 1 is 1.41 bits per heavy atom. The first kappa shape index (κ1) is 12.6. The topological polar surface area (TPSA) is 38.1 Å². The molecule has 0 amide bonds. The van der Waals surface area contributed by atoms with E-state index in [9.17, 15) is 0 Å². The first-order chi connectivity index (χ1) is 8.16. The van der Waals surface area contributed by atoms with Crippen LogP contribution in [0.1, 0.15) is 21.9 Å². The smallest absolute Gasteiger partial charge is 0.138 e. The van der Waals surface area contributed by atoms with Crippen molar-refractivity contribution in [2.24, 2.45) is 0 Å². The second-order valence-electron chi connectivity index (χ2n) is 3.94. The minimum atomic E-state index is 0.806. The number of nitrogens with zero attached hydrogens (tertiary/aromatic N) is 1. The highest BCUT2D eigenvalue weighted by atomic mass is 35.5. The van der Waals surface area contributed by atoms with Crippen molar-refractivity contribution in [2.45, 2.75) is 26.8 Å². The summed E-state index contributed by atoms with van der Waals surface area (Å²) in [6.45, 7) is 5.64. The summed E-state index contributed by atoms with van der Waals surface area (Å²) in [7, 11) is 0. The van der Waals surface area contributed by atoms with E-state index < -0.39 is 0 Å². The highest BCUT2D eigenvalue weighted by molar-refractivity contribution is 7.16. The average molecular weight is 271 g/mol. The molecule has 0 saturated heterocycles. The summed E-state index contributed by atoms with van der Waals surface area (Å²) in [5.41, 5.74) is 2.13. The van der Waals surface area contributed by atoms with Gasteiger partial charge in [-0.25, -0.2) is 0 Å². The van der Waals surface area contributed by atoms with Crippen molar-refractivity contribution in [2.75, 3.05) is 6.54 Å². The standard InChI is InChI=1S/C12H15ClN2OS/c1-8-11(9(2)16-15-8)7-14-6-5-10-3-4-12(13)17-10/h3-4,14H,5-7H2,1-2H3. The summed E-state index contributed by atoms with van der Waals surface area (Å²) in [6.07, 6.45) is 1.00. The van der Waals surface area contributed by atoms with Gasteiger partial charge in [0.15, 0.2) is 0 Å². The van der Waals surface area contributed by atoms with Gasteiger partial charge in [0.2, 0.25) is 0 Å². The van der Waals surface area contributed by atoms with Gasteiger partial charge in [0.25, 0.3) is 0 Å². The lowest BCUT2D eigenvalue weighted by Crippen LogP contribution is -2.17. The van der Waals surface area contributed by atoms with Crippen LogP contribution in [0.25, 0.3) is 0 Å². The Morgan fingerprint density at radius 2 is 2.24 bits per heavy atom. The Hall–Kier alpha value is -0.840. The van der Waals surface area contributed by atoms with E-state index in [0.29, 0.717) is 0 Å². The van der Waals surface area contributed by atoms with Crippen LogP contribution in [-0.2, 0) is 13.0 Å². The van der Waals surface area contributed by atoms with Crippen LogP contribution in [0.2, 0.25) is 4.34 Å². The van der Waals surface area contributed by atoms with E-state index in [4.69, 9.17) is 16.1 Å². The van der Waals surface area contributed by atoms with Crippen molar-refractivity contribution in [1.29, 1.82) is 0 Å². The maximum atomic E-state index is 5.87. The third-order valence-corrected chi connectivity index (χ3v) is 3.95. The molecule has 2 rings (SSSR count). The highest BCUT2D eigenvalue weighted by Gasteiger charge is 2.07. The van der Waals surface area contributed by atoms with E-state index in [1.807, 2.05) is 19.9 Å². The molecule has 0 radical (unpaired) electrons. The largest absolute Gasteiger partial charge is 0.361 e. The third-order valence-electron chi connectivity index (χ3n) is 2.66. The van der Waals surface area contributed by atoms with Gasteiger partial charge in [-0.15, -0.1) is 11.3 Å². The molecule has 3 nitrogen and oxygen atoms in total. The molecule has 0 saturated carbocycles. The molecule has 2 heterocycles. The van der Waals surface area contributed by atoms with Crippen LogP contribution in [-0.4, -0.2) is 11.7 Å². The molecule has 0 unspecified atom stereocenters. The summed E-state index contributed by atoms with van der Waals surface area (Å²) in [6, 6.07) is 4.01. The maximum absolute atomic E-state index is 5.87. The summed E-state index contributed by atoms with van der Waals surface area (Å²) < 4.78 is 5.96. The highest BCUT2D eigenvalue weighted by Crippen LogP contribution is 2.21. The van der Waals surface area contributed by atoms with Crippen molar-refractivity contribution in [1.82, 2.24) is 10.5 Å². The van der Waals surface area contributed by atoms with E-state index in [-0.39, 0.29) is 0 Å². The Labute approximate surface area is 110 Å². The van der Waals surface area contributed by atoms with Gasteiger partial charge < -0.3 is 9.84 Å². The second kappa shape index (κ2) is 5.67. The zero-order chi connectivity index (χ0) is 12.3. The van der Waals surface area contributed by atoms with E-state index in [0.717, 1.165) is 40.9 Å². The molecule has 0 aromatic carbocycles. The number of hydrogen-bond donors (Lipinski definition) is 1. The van der Waals surface area contributed by atoms with Gasteiger partial charge in [0.05, 0.1) is 10.0 Å². The molecule has 0 fully saturated rings. The van der Waals surface area contributed by atoms with Gasteiger partial charge in [-0.3, -0.25) is 0 Å². The molecule has 1 N–H and O–H groups in total. The molecular formula is C12H15ClN2OS. The van der Waals surface area contributed by atoms with Crippen LogP contribution >= 0.6 is 22.9 Å². The molecule has 2 aromatic rings. The lowest BCUT2D eigenvalue weighted by molar-refractivity contribution is 0.392. The molecule has 0 aliphatic heterocycles. The molecule has 0 aliphatic carbocycles. The minimum absolute atomic E-state index is 0.806.